The van der Waals surface area contributed by atoms with Crippen LogP contribution in [0.25, 0.3) is 82.5 Å². The molecule has 10 rings (SSSR count). The van der Waals surface area contributed by atoms with Crippen molar-refractivity contribution < 1.29 is 0 Å². The molecule has 1 N–H and O–H groups in total. The first-order valence-electron chi connectivity index (χ1n) is 27.8. The fourth-order valence-electron chi connectivity index (χ4n) is 11.5. The van der Waals surface area contributed by atoms with Gasteiger partial charge in [0.05, 0.1) is 55.8 Å². The summed E-state index contributed by atoms with van der Waals surface area (Å²) < 4.78 is 7.22. The van der Waals surface area contributed by atoms with Crippen LogP contribution in [0.3, 0.4) is 0 Å². The van der Waals surface area contributed by atoms with E-state index >= 15 is 0 Å². The third-order valence-corrected chi connectivity index (χ3v) is 16.2. The van der Waals surface area contributed by atoms with Gasteiger partial charge in [-0.2, -0.15) is 5.26 Å². The van der Waals surface area contributed by atoms with Crippen molar-refractivity contribution in [3.63, 3.8) is 0 Å². The van der Waals surface area contributed by atoms with E-state index in [2.05, 4.69) is 272 Å². The molecule has 394 valence electrons. The van der Waals surface area contributed by atoms with Gasteiger partial charge in [0.15, 0.2) is 0 Å². The van der Waals surface area contributed by atoms with E-state index in [0.29, 0.717) is 5.56 Å². The third-order valence-electron chi connectivity index (χ3n) is 16.2. The van der Waals surface area contributed by atoms with Gasteiger partial charge < -0.3 is 19.0 Å². The van der Waals surface area contributed by atoms with E-state index in [4.69, 9.17) is 0 Å². The molecule has 10 aromatic rings. The molecule has 3 aromatic heterocycles. The van der Waals surface area contributed by atoms with Crippen LogP contribution in [0.4, 0.5) is 5.69 Å². The zero-order valence-corrected chi connectivity index (χ0v) is 49.6. The highest BCUT2D eigenvalue weighted by molar-refractivity contribution is 6.14. The van der Waals surface area contributed by atoms with E-state index in [1.54, 1.807) is 0 Å². The Kier molecular flexibility index (Phi) is 12.3. The zero-order chi connectivity index (χ0) is 55.9. The lowest BCUT2D eigenvalue weighted by Crippen LogP contribution is -2.14. The summed E-state index contributed by atoms with van der Waals surface area (Å²) in [6.45, 7) is 47.8. The molecule has 0 radical (unpaired) electrons. The van der Waals surface area contributed by atoms with Gasteiger partial charge in [-0.1, -0.05) is 174 Å². The summed E-state index contributed by atoms with van der Waals surface area (Å²) in [4.78, 5) is 0. The van der Waals surface area contributed by atoms with Gasteiger partial charge in [0.1, 0.15) is 11.6 Å². The molecule has 0 aliphatic carbocycles. The molecular formula is C72H81N5. The van der Waals surface area contributed by atoms with E-state index in [9.17, 15) is 5.26 Å². The molecule has 77 heavy (non-hydrogen) atoms. The van der Waals surface area contributed by atoms with Gasteiger partial charge in [0, 0.05) is 38.0 Å². The van der Waals surface area contributed by atoms with Crippen molar-refractivity contribution in [1.82, 2.24) is 13.7 Å². The second kappa shape index (κ2) is 17.9. The van der Waals surface area contributed by atoms with E-state index < -0.39 is 0 Å². The number of hydrogen-bond acceptors (Lipinski definition) is 2. The Morgan fingerprint density at radius 2 is 0.662 bits per heavy atom. The number of hydrogen-bond donors (Lipinski definition) is 1. The fraction of sp³-hybridized carbons (Fsp3) is 0.347. The minimum absolute atomic E-state index is 0.0837. The SMILES string of the molecule is C=C(/C=C\C)Nc1cc(-n2c3ccc(C(C)(C)C)cc3c3cc(C(C)(C)C)ccc32)c(-n2c3ccc(C(C)(C)C)cc3c3cc(C(C)(C)C)ccc32)c(C#N)c1-n1c2ccc(C(C)(C)C)cc2c2cc(C(C)(C)C)ccc21. The summed E-state index contributed by atoms with van der Waals surface area (Å²) in [7, 11) is 0. The Labute approximate surface area is 458 Å². The van der Waals surface area contributed by atoms with Crippen LogP contribution in [0.1, 0.15) is 170 Å². The van der Waals surface area contributed by atoms with Crippen molar-refractivity contribution in [2.75, 3.05) is 5.32 Å². The number of nitrogens with zero attached hydrogens (tertiary/aromatic N) is 4. The van der Waals surface area contributed by atoms with Crippen LogP contribution in [0, 0.1) is 11.3 Å². The zero-order valence-electron chi connectivity index (χ0n) is 49.6. The molecule has 0 aliphatic heterocycles. The summed E-state index contributed by atoms with van der Waals surface area (Å²) in [5.74, 6) is 0. The number of anilines is 1. The van der Waals surface area contributed by atoms with Crippen LogP contribution < -0.4 is 5.32 Å². The van der Waals surface area contributed by atoms with Crippen LogP contribution in [0.2, 0.25) is 0 Å². The topological polar surface area (TPSA) is 50.6 Å². The van der Waals surface area contributed by atoms with Crippen molar-refractivity contribution in [3.8, 4) is 23.1 Å². The number of nitrogens with one attached hydrogen (secondary N) is 1. The minimum Gasteiger partial charge on any atom is -0.354 e. The average molecular weight is 1020 g/mol. The van der Waals surface area contributed by atoms with Crippen LogP contribution in [0.5, 0.6) is 0 Å². The van der Waals surface area contributed by atoms with Gasteiger partial charge in [-0.15, -0.1) is 0 Å². The summed E-state index contributed by atoms with van der Waals surface area (Å²) in [5.41, 5.74) is 17.8. The molecule has 5 nitrogen and oxygen atoms in total. The lowest BCUT2D eigenvalue weighted by molar-refractivity contribution is 0.590. The summed E-state index contributed by atoms with van der Waals surface area (Å²) in [6.07, 6.45) is 4.02. The van der Waals surface area contributed by atoms with Crippen LogP contribution in [0.15, 0.2) is 140 Å². The Morgan fingerprint density at radius 3 is 0.909 bits per heavy atom. The minimum atomic E-state index is -0.0971. The van der Waals surface area contributed by atoms with E-state index in [0.717, 1.165) is 83.1 Å². The van der Waals surface area contributed by atoms with Gasteiger partial charge in [0.2, 0.25) is 0 Å². The molecule has 0 spiro atoms. The van der Waals surface area contributed by atoms with Crippen LogP contribution >= 0.6 is 0 Å². The highest BCUT2D eigenvalue weighted by Crippen LogP contribution is 2.48. The monoisotopic (exact) mass is 1020 g/mol. The number of allylic oxidation sites excluding steroid dienone is 2. The summed E-state index contributed by atoms with van der Waals surface area (Å²) in [6, 6.07) is 47.2. The average Bonchev–Trinajstić information content (AvgIpc) is 4.02. The largest absolute Gasteiger partial charge is 0.354 e. The molecule has 5 heteroatoms. The molecule has 0 bridgehead atoms. The van der Waals surface area contributed by atoms with Crippen molar-refractivity contribution in [3.05, 3.63) is 179 Å². The smallest absolute Gasteiger partial charge is 0.104 e. The first kappa shape index (κ1) is 53.1. The third kappa shape index (κ3) is 9.06. The van der Waals surface area contributed by atoms with Gasteiger partial charge in [-0.25, -0.2) is 0 Å². The molecule has 0 saturated carbocycles. The highest BCUT2D eigenvalue weighted by Gasteiger charge is 2.32. The predicted molar refractivity (Wildman–Crippen MR) is 334 cm³/mol. The second-order valence-corrected chi connectivity index (χ2v) is 28.2. The molecule has 7 aromatic carbocycles. The van der Waals surface area contributed by atoms with E-state index in [-0.39, 0.29) is 32.5 Å². The lowest BCUT2D eigenvalue weighted by Gasteiger charge is -2.26. The van der Waals surface area contributed by atoms with E-state index in [1.165, 1.54) is 44.2 Å². The van der Waals surface area contributed by atoms with Crippen molar-refractivity contribution in [1.29, 1.82) is 5.26 Å². The predicted octanol–water partition coefficient (Wildman–Crippen LogP) is 20.1. The maximum Gasteiger partial charge on any atom is 0.104 e. The first-order valence-corrected chi connectivity index (χ1v) is 27.8. The lowest BCUT2D eigenvalue weighted by atomic mass is 9.85. The number of aromatic nitrogens is 3. The summed E-state index contributed by atoms with van der Waals surface area (Å²) >= 11 is 0. The molecule has 0 atom stereocenters. The highest BCUT2D eigenvalue weighted by atomic mass is 15.1. The molecule has 0 saturated heterocycles. The van der Waals surface area contributed by atoms with Gasteiger partial charge >= 0.3 is 0 Å². The van der Waals surface area contributed by atoms with Gasteiger partial charge in [-0.05, 0) is 158 Å². The molecule has 0 fully saturated rings. The molecule has 3 heterocycles. The maximum absolute atomic E-state index is 12.6. The van der Waals surface area contributed by atoms with Crippen LogP contribution in [-0.4, -0.2) is 13.7 Å². The van der Waals surface area contributed by atoms with Crippen LogP contribution in [-0.2, 0) is 32.5 Å². The molecular weight excluding hydrogens is 935 g/mol. The van der Waals surface area contributed by atoms with Crippen molar-refractivity contribution in [2.45, 2.75) is 164 Å². The Balaban J connectivity index is 1.49. The molecule has 0 aliphatic rings. The number of nitriles is 1. The first-order chi connectivity index (χ1) is 35.8. The second-order valence-electron chi connectivity index (χ2n) is 28.2. The summed E-state index contributed by atoms with van der Waals surface area (Å²) in [5, 5.41) is 23.4. The molecule has 0 unspecified atom stereocenters. The van der Waals surface area contributed by atoms with Gasteiger partial charge in [-0.3, -0.25) is 0 Å². The standard InChI is InChI=1S/C72H81N5/c1-21-22-43(2)74-57-41-64(75-58-29-23-44(67(3,4)5)35-50(58)51-36-45(68(6,7)8)24-30-59(51)75)66(77-62-33-27-48(71(15,16)17)39-54(62)55-40-49(72(18,19)20)28-34-63(55)77)56(42-73)65(57)76-60-31-25-46(69(9,10)11)37-52(60)53-38-47(70(12,13)14)26-32-61(53)76/h21-41,74H,2H2,1,3-20H3/b22-21-. The normalized spacial score (nSPS) is 13.4. The van der Waals surface area contributed by atoms with E-state index in [1.807, 2.05) is 19.1 Å². The maximum atomic E-state index is 12.6. The van der Waals surface area contributed by atoms with Crippen molar-refractivity contribution in [2.24, 2.45) is 0 Å². The Bertz CT molecular complexity index is 3930. The number of fused-ring (bicyclic) bond motifs is 9. The number of rotatable bonds is 6. The molecule has 0 amide bonds. The quantitative estimate of drug-likeness (QED) is 0.169. The Hall–Kier alpha value is -7.29. The Morgan fingerprint density at radius 1 is 0.403 bits per heavy atom. The fourth-order valence-corrected chi connectivity index (χ4v) is 11.5. The number of benzene rings is 7. The van der Waals surface area contributed by atoms with Gasteiger partial charge in [0.25, 0.3) is 0 Å². The van der Waals surface area contributed by atoms with Crippen molar-refractivity contribution >= 4 is 71.1 Å².